The van der Waals surface area contributed by atoms with Crippen LogP contribution in [0, 0.1) is 13.8 Å². The molecule has 1 aromatic heterocycles. The molecule has 1 atom stereocenters. The van der Waals surface area contributed by atoms with Gasteiger partial charge in [-0.1, -0.05) is 0 Å². The molecule has 1 aromatic rings. The number of thiazole rings is 1. The first-order valence-corrected chi connectivity index (χ1v) is 9.91. The maximum absolute atomic E-state index is 11.7. The number of ether oxygens (including phenoxy) is 1. The van der Waals surface area contributed by atoms with Crippen molar-refractivity contribution in [2.24, 2.45) is 0 Å². The summed E-state index contributed by atoms with van der Waals surface area (Å²) < 4.78 is 28.6. The molecule has 120 valence electrons. The van der Waals surface area contributed by atoms with Crippen LogP contribution in [0.3, 0.4) is 0 Å². The lowest BCUT2D eigenvalue weighted by Crippen LogP contribution is -2.36. The van der Waals surface area contributed by atoms with Gasteiger partial charge in [-0.25, -0.2) is 13.4 Å². The van der Waals surface area contributed by atoms with Crippen LogP contribution in [-0.4, -0.2) is 56.1 Å². The maximum Gasteiger partial charge on any atom is 0.151 e. The Morgan fingerprint density at radius 1 is 1.43 bits per heavy atom. The van der Waals surface area contributed by atoms with E-state index in [9.17, 15) is 8.42 Å². The van der Waals surface area contributed by atoms with E-state index in [4.69, 9.17) is 4.74 Å². The summed E-state index contributed by atoms with van der Waals surface area (Å²) in [6.07, 6.45) is 1.66. The highest BCUT2D eigenvalue weighted by molar-refractivity contribution is 7.91. The van der Waals surface area contributed by atoms with Gasteiger partial charge in [0.2, 0.25) is 0 Å². The fourth-order valence-corrected chi connectivity index (χ4v) is 5.50. The summed E-state index contributed by atoms with van der Waals surface area (Å²) in [5, 5.41) is 1.07. The van der Waals surface area contributed by atoms with Gasteiger partial charge in [0.1, 0.15) is 0 Å². The van der Waals surface area contributed by atoms with Crippen LogP contribution in [-0.2, 0) is 21.1 Å². The van der Waals surface area contributed by atoms with Gasteiger partial charge in [0.25, 0.3) is 0 Å². The number of rotatable bonds is 7. The van der Waals surface area contributed by atoms with Gasteiger partial charge in [-0.05, 0) is 26.7 Å². The van der Waals surface area contributed by atoms with E-state index >= 15 is 0 Å². The third-order valence-electron chi connectivity index (χ3n) is 3.86. The Morgan fingerprint density at radius 2 is 2.19 bits per heavy atom. The summed E-state index contributed by atoms with van der Waals surface area (Å²) in [5.41, 5.74) is 1.06. The second-order valence-corrected chi connectivity index (χ2v) is 9.13. The number of sulfone groups is 1. The molecule has 5 nitrogen and oxygen atoms in total. The minimum absolute atomic E-state index is 0.133. The standard InChI is InChI=1S/C14H24N2O3S2/c1-11-14(20-12(2)15-11)9-16(6-4-7-19-3)13-5-8-21(17,18)10-13/h13H,4-10H2,1-3H3/t13-/m1/s1. The second-order valence-electron chi connectivity index (χ2n) is 5.62. The first kappa shape index (κ1) is 16.9. The van der Waals surface area contributed by atoms with Crippen LogP contribution >= 0.6 is 11.3 Å². The monoisotopic (exact) mass is 332 g/mol. The highest BCUT2D eigenvalue weighted by Gasteiger charge is 2.32. The molecule has 2 heterocycles. The first-order valence-electron chi connectivity index (χ1n) is 7.27. The Morgan fingerprint density at radius 3 is 2.71 bits per heavy atom. The van der Waals surface area contributed by atoms with Gasteiger partial charge in [0.05, 0.1) is 22.2 Å². The van der Waals surface area contributed by atoms with E-state index < -0.39 is 9.84 Å². The number of hydrogen-bond acceptors (Lipinski definition) is 6. The molecule has 0 amide bonds. The highest BCUT2D eigenvalue weighted by Crippen LogP contribution is 2.24. The average Bonchev–Trinajstić information content (AvgIpc) is 2.91. The largest absolute Gasteiger partial charge is 0.385 e. The SMILES string of the molecule is COCCCN(Cc1sc(C)nc1C)[C@@H]1CCS(=O)(=O)C1. The summed E-state index contributed by atoms with van der Waals surface area (Å²) in [4.78, 5) is 8.00. The lowest BCUT2D eigenvalue weighted by Gasteiger charge is -2.27. The number of methoxy groups -OCH3 is 1. The van der Waals surface area contributed by atoms with E-state index in [-0.39, 0.29) is 11.8 Å². The van der Waals surface area contributed by atoms with Crippen molar-refractivity contribution in [2.75, 3.05) is 31.8 Å². The zero-order chi connectivity index (χ0) is 15.5. The second kappa shape index (κ2) is 7.17. The average molecular weight is 332 g/mol. The van der Waals surface area contributed by atoms with E-state index in [1.54, 1.807) is 18.4 Å². The summed E-state index contributed by atoms with van der Waals surface area (Å²) in [6, 6.07) is 0.133. The van der Waals surface area contributed by atoms with Crippen molar-refractivity contribution in [3.05, 3.63) is 15.6 Å². The molecule has 0 saturated carbocycles. The zero-order valence-electron chi connectivity index (χ0n) is 13.0. The number of hydrogen-bond donors (Lipinski definition) is 0. The topological polar surface area (TPSA) is 59.5 Å². The van der Waals surface area contributed by atoms with Crippen molar-refractivity contribution in [1.82, 2.24) is 9.88 Å². The van der Waals surface area contributed by atoms with Gasteiger partial charge >= 0.3 is 0 Å². The third-order valence-corrected chi connectivity index (χ3v) is 6.67. The van der Waals surface area contributed by atoms with Gasteiger partial charge in [-0.2, -0.15) is 0 Å². The van der Waals surface area contributed by atoms with Crippen LogP contribution in [0.2, 0.25) is 0 Å². The minimum Gasteiger partial charge on any atom is -0.385 e. The van der Waals surface area contributed by atoms with E-state index in [2.05, 4.69) is 9.88 Å². The summed E-state index contributed by atoms with van der Waals surface area (Å²) in [7, 11) is -1.16. The van der Waals surface area contributed by atoms with Crippen LogP contribution < -0.4 is 0 Å². The predicted molar refractivity (Wildman–Crippen MR) is 85.5 cm³/mol. The van der Waals surface area contributed by atoms with Crippen LogP contribution in [0.15, 0.2) is 0 Å². The molecule has 0 aliphatic carbocycles. The van der Waals surface area contributed by atoms with Gasteiger partial charge in [0.15, 0.2) is 9.84 Å². The number of aryl methyl sites for hydroxylation is 2. The lowest BCUT2D eigenvalue weighted by molar-refractivity contribution is 0.151. The molecule has 7 heteroatoms. The molecule has 0 radical (unpaired) electrons. The number of aromatic nitrogens is 1. The lowest BCUT2D eigenvalue weighted by atomic mass is 10.2. The molecule has 2 rings (SSSR count). The minimum atomic E-state index is -2.85. The van der Waals surface area contributed by atoms with E-state index in [1.165, 1.54) is 4.88 Å². The zero-order valence-corrected chi connectivity index (χ0v) is 14.6. The summed E-state index contributed by atoms with van der Waals surface area (Å²) in [5.74, 6) is 0.607. The van der Waals surface area contributed by atoms with E-state index in [0.29, 0.717) is 12.4 Å². The quantitative estimate of drug-likeness (QED) is 0.713. The van der Waals surface area contributed by atoms with Crippen LogP contribution in [0.1, 0.15) is 28.4 Å². The summed E-state index contributed by atoms with van der Waals surface area (Å²) in [6.45, 7) is 6.40. The summed E-state index contributed by atoms with van der Waals surface area (Å²) >= 11 is 1.71. The van der Waals surface area contributed by atoms with E-state index in [0.717, 1.165) is 36.6 Å². The molecule has 0 unspecified atom stereocenters. The fourth-order valence-electron chi connectivity index (χ4n) is 2.77. The molecular formula is C14H24N2O3S2. The number of nitrogens with zero attached hydrogens (tertiary/aromatic N) is 2. The van der Waals surface area contributed by atoms with Crippen molar-refractivity contribution >= 4 is 21.2 Å². The van der Waals surface area contributed by atoms with Crippen molar-refractivity contribution in [2.45, 2.75) is 39.3 Å². The Labute approximate surface area is 131 Å². The van der Waals surface area contributed by atoms with Crippen molar-refractivity contribution in [3.8, 4) is 0 Å². The van der Waals surface area contributed by atoms with Gasteiger partial charge in [-0.3, -0.25) is 4.90 Å². The van der Waals surface area contributed by atoms with Crippen molar-refractivity contribution in [1.29, 1.82) is 0 Å². The molecule has 1 aliphatic heterocycles. The molecule has 1 aliphatic rings. The highest BCUT2D eigenvalue weighted by atomic mass is 32.2. The molecule has 0 spiro atoms. The van der Waals surface area contributed by atoms with Gasteiger partial charge in [0, 0.05) is 37.7 Å². The molecule has 1 fully saturated rings. The fraction of sp³-hybridized carbons (Fsp3) is 0.786. The Balaban J connectivity index is 2.06. The van der Waals surface area contributed by atoms with Crippen LogP contribution in [0.4, 0.5) is 0 Å². The Kier molecular flexibility index (Phi) is 5.76. The van der Waals surface area contributed by atoms with E-state index in [1.807, 2.05) is 13.8 Å². The maximum atomic E-state index is 11.7. The molecule has 21 heavy (non-hydrogen) atoms. The molecule has 0 bridgehead atoms. The van der Waals surface area contributed by atoms with Gasteiger partial charge in [-0.15, -0.1) is 11.3 Å². The first-order chi connectivity index (χ1) is 9.91. The predicted octanol–water partition coefficient (Wildman–Crippen LogP) is 1.79. The Hall–Kier alpha value is -0.500. The molecule has 0 aromatic carbocycles. The smallest absolute Gasteiger partial charge is 0.151 e. The van der Waals surface area contributed by atoms with Crippen LogP contribution in [0.25, 0.3) is 0 Å². The van der Waals surface area contributed by atoms with Crippen molar-refractivity contribution in [3.63, 3.8) is 0 Å². The normalized spacial score (nSPS) is 21.2. The van der Waals surface area contributed by atoms with Gasteiger partial charge < -0.3 is 4.74 Å². The molecule has 1 saturated heterocycles. The van der Waals surface area contributed by atoms with Crippen LogP contribution in [0.5, 0.6) is 0 Å². The molecule has 0 N–H and O–H groups in total. The molecular weight excluding hydrogens is 308 g/mol. The third kappa shape index (κ3) is 4.74. The van der Waals surface area contributed by atoms with Crippen molar-refractivity contribution < 1.29 is 13.2 Å². The Bertz CT molecular complexity index is 569.